The molecule has 0 aliphatic carbocycles. The number of carbonyl (C=O) groups excluding carboxylic acids is 1. The molecule has 0 saturated heterocycles. The van der Waals surface area contributed by atoms with Gasteiger partial charge in [-0.1, -0.05) is 5.11 Å². The first-order valence-corrected chi connectivity index (χ1v) is 4.94. The summed E-state index contributed by atoms with van der Waals surface area (Å²) in [6.45, 7) is 0.445. The zero-order valence-corrected chi connectivity index (χ0v) is 8.57. The molecule has 5 nitrogen and oxygen atoms in total. The molecule has 0 atom stereocenters. The third kappa shape index (κ3) is 3.08. The largest absolute Gasteiger partial charge is 0.341 e. The van der Waals surface area contributed by atoms with Crippen LogP contribution in [-0.4, -0.2) is 24.4 Å². The summed E-state index contributed by atoms with van der Waals surface area (Å²) in [4.78, 5) is 15.4. The molecule has 14 heavy (non-hydrogen) atoms. The second kappa shape index (κ2) is 5.26. The zero-order chi connectivity index (χ0) is 10.4. The van der Waals surface area contributed by atoms with Gasteiger partial charge in [-0.2, -0.15) is 11.3 Å². The quantitative estimate of drug-likeness (QED) is 0.425. The molecule has 1 amide bonds. The van der Waals surface area contributed by atoms with Gasteiger partial charge in [0.25, 0.3) is 0 Å². The lowest BCUT2D eigenvalue weighted by molar-refractivity contribution is -0.128. The van der Waals surface area contributed by atoms with E-state index in [0.29, 0.717) is 6.54 Å². The van der Waals surface area contributed by atoms with Gasteiger partial charge in [-0.25, -0.2) is 0 Å². The molecule has 0 fully saturated rings. The van der Waals surface area contributed by atoms with Crippen molar-refractivity contribution < 1.29 is 4.79 Å². The molecule has 1 aromatic rings. The van der Waals surface area contributed by atoms with Crippen molar-refractivity contribution in [2.45, 2.75) is 6.54 Å². The maximum absolute atomic E-state index is 11.3. The highest BCUT2D eigenvalue weighted by Crippen LogP contribution is 2.08. The van der Waals surface area contributed by atoms with Gasteiger partial charge >= 0.3 is 0 Å². The number of azide groups is 1. The Morgan fingerprint density at radius 3 is 3.14 bits per heavy atom. The Hall–Kier alpha value is -1.52. The minimum atomic E-state index is -0.172. The summed E-state index contributed by atoms with van der Waals surface area (Å²) in [6, 6.07) is 1.96. The molecule has 0 aromatic carbocycles. The molecule has 0 saturated carbocycles. The number of nitrogens with zero attached hydrogens (tertiary/aromatic N) is 4. The van der Waals surface area contributed by atoms with Crippen LogP contribution in [0, 0.1) is 0 Å². The summed E-state index contributed by atoms with van der Waals surface area (Å²) < 4.78 is 0. The normalized spacial score (nSPS) is 9.21. The summed E-state index contributed by atoms with van der Waals surface area (Å²) in [5.74, 6) is -0.172. The van der Waals surface area contributed by atoms with Crippen molar-refractivity contribution in [1.82, 2.24) is 4.90 Å². The van der Waals surface area contributed by atoms with E-state index < -0.39 is 0 Å². The van der Waals surface area contributed by atoms with Crippen LogP contribution in [0.2, 0.25) is 0 Å². The Bertz CT molecular complexity index is 342. The van der Waals surface area contributed by atoms with Crippen LogP contribution in [0.4, 0.5) is 0 Å². The molecule has 74 valence electrons. The topological polar surface area (TPSA) is 69.1 Å². The monoisotopic (exact) mass is 210 g/mol. The molecule has 0 N–H and O–H groups in total. The van der Waals surface area contributed by atoms with Crippen LogP contribution < -0.4 is 0 Å². The molecule has 0 radical (unpaired) electrons. The minimum Gasteiger partial charge on any atom is -0.341 e. The van der Waals surface area contributed by atoms with Crippen LogP contribution >= 0.6 is 11.3 Å². The van der Waals surface area contributed by atoms with Crippen LogP contribution in [0.25, 0.3) is 10.4 Å². The van der Waals surface area contributed by atoms with E-state index in [1.807, 2.05) is 16.8 Å². The Balaban J connectivity index is 2.45. The summed E-state index contributed by atoms with van der Waals surface area (Å²) >= 11 is 1.59. The molecule has 0 aliphatic rings. The first kappa shape index (κ1) is 10.6. The van der Waals surface area contributed by atoms with Crippen LogP contribution in [0.15, 0.2) is 21.9 Å². The maximum Gasteiger partial charge on any atom is 0.228 e. The molecule has 0 spiro atoms. The fraction of sp³-hybridized carbons (Fsp3) is 0.375. The van der Waals surface area contributed by atoms with E-state index in [1.165, 1.54) is 4.90 Å². The number of amides is 1. The Morgan fingerprint density at radius 1 is 1.79 bits per heavy atom. The van der Waals surface area contributed by atoms with E-state index in [2.05, 4.69) is 10.0 Å². The van der Waals surface area contributed by atoms with E-state index in [4.69, 9.17) is 5.53 Å². The van der Waals surface area contributed by atoms with Gasteiger partial charge in [0.05, 0.1) is 0 Å². The van der Waals surface area contributed by atoms with Gasteiger partial charge in [-0.3, -0.25) is 4.79 Å². The fourth-order valence-corrected chi connectivity index (χ4v) is 1.62. The van der Waals surface area contributed by atoms with Crippen LogP contribution in [0.3, 0.4) is 0 Å². The smallest absolute Gasteiger partial charge is 0.228 e. The van der Waals surface area contributed by atoms with E-state index in [0.717, 1.165) is 5.56 Å². The highest BCUT2D eigenvalue weighted by Gasteiger charge is 2.07. The predicted molar refractivity (Wildman–Crippen MR) is 54.8 cm³/mol. The summed E-state index contributed by atoms with van der Waals surface area (Å²) in [7, 11) is 1.69. The van der Waals surface area contributed by atoms with E-state index in [1.54, 1.807) is 18.4 Å². The number of thiophene rings is 1. The second-order valence-corrected chi connectivity index (χ2v) is 3.55. The number of rotatable bonds is 4. The average molecular weight is 210 g/mol. The third-order valence-electron chi connectivity index (χ3n) is 1.69. The number of hydrogen-bond donors (Lipinski definition) is 0. The molecule has 0 unspecified atom stereocenters. The van der Waals surface area contributed by atoms with Crippen molar-refractivity contribution in [2.75, 3.05) is 13.6 Å². The second-order valence-electron chi connectivity index (χ2n) is 2.77. The lowest BCUT2D eigenvalue weighted by atomic mass is 10.3. The van der Waals surface area contributed by atoms with Crippen molar-refractivity contribution in [3.63, 3.8) is 0 Å². The molecule has 1 heterocycles. The number of hydrogen-bond acceptors (Lipinski definition) is 3. The first-order valence-electron chi connectivity index (χ1n) is 4.00. The molecule has 1 rings (SSSR count). The molecule has 0 aliphatic heterocycles. The van der Waals surface area contributed by atoms with Crippen LogP contribution in [0.1, 0.15) is 5.56 Å². The van der Waals surface area contributed by atoms with Gasteiger partial charge < -0.3 is 4.90 Å². The molecule has 1 aromatic heterocycles. The average Bonchev–Trinajstić information content (AvgIpc) is 2.66. The number of carbonyl (C=O) groups is 1. The third-order valence-corrected chi connectivity index (χ3v) is 2.43. The van der Waals surface area contributed by atoms with E-state index >= 15 is 0 Å². The van der Waals surface area contributed by atoms with Gasteiger partial charge in [0.15, 0.2) is 0 Å². The van der Waals surface area contributed by atoms with Gasteiger partial charge in [-0.05, 0) is 27.9 Å². The van der Waals surface area contributed by atoms with Crippen molar-refractivity contribution in [3.05, 3.63) is 32.8 Å². The summed E-state index contributed by atoms with van der Waals surface area (Å²) in [5, 5.41) is 7.16. The van der Waals surface area contributed by atoms with Gasteiger partial charge in [0.2, 0.25) is 5.91 Å². The van der Waals surface area contributed by atoms with E-state index in [-0.39, 0.29) is 12.5 Å². The molecular weight excluding hydrogens is 200 g/mol. The van der Waals surface area contributed by atoms with Gasteiger partial charge in [0, 0.05) is 18.5 Å². The fourth-order valence-electron chi connectivity index (χ4n) is 0.957. The Kier molecular flexibility index (Phi) is 3.97. The Labute approximate surface area is 85.6 Å². The van der Waals surface area contributed by atoms with Crippen molar-refractivity contribution in [1.29, 1.82) is 0 Å². The Morgan fingerprint density at radius 2 is 2.57 bits per heavy atom. The maximum atomic E-state index is 11.3. The lowest BCUT2D eigenvalue weighted by Gasteiger charge is -2.14. The zero-order valence-electron chi connectivity index (χ0n) is 7.75. The highest BCUT2D eigenvalue weighted by atomic mass is 32.1. The van der Waals surface area contributed by atoms with Crippen LogP contribution in [0.5, 0.6) is 0 Å². The number of likely N-dealkylation sites (N-methyl/N-ethyl adjacent to an activating group) is 1. The van der Waals surface area contributed by atoms with Gasteiger partial charge in [0.1, 0.15) is 6.54 Å². The predicted octanol–water partition coefficient (Wildman–Crippen LogP) is 2.02. The SMILES string of the molecule is CN(Cc1ccsc1)C(=O)CN=[N+]=[N-]. The van der Waals surface area contributed by atoms with Crippen molar-refractivity contribution in [3.8, 4) is 0 Å². The van der Waals surface area contributed by atoms with Crippen LogP contribution in [-0.2, 0) is 11.3 Å². The lowest BCUT2D eigenvalue weighted by Crippen LogP contribution is -2.27. The van der Waals surface area contributed by atoms with Crippen molar-refractivity contribution in [2.24, 2.45) is 5.11 Å². The molecule has 0 bridgehead atoms. The summed E-state index contributed by atoms with van der Waals surface area (Å²) in [6.07, 6.45) is 0. The molecule has 6 heteroatoms. The van der Waals surface area contributed by atoms with Crippen molar-refractivity contribution >= 4 is 17.2 Å². The minimum absolute atomic E-state index is 0.114. The highest BCUT2D eigenvalue weighted by molar-refractivity contribution is 7.07. The first-order chi connectivity index (χ1) is 6.74. The summed E-state index contributed by atoms with van der Waals surface area (Å²) in [5.41, 5.74) is 9.13. The van der Waals surface area contributed by atoms with Gasteiger partial charge in [-0.15, -0.1) is 0 Å². The standard InChI is InChI=1S/C8H10N4OS/c1-12(8(13)4-10-11-9)5-7-2-3-14-6-7/h2-3,6H,4-5H2,1H3. The molecular formula is C8H10N4OS. The van der Waals surface area contributed by atoms with E-state index in [9.17, 15) is 4.79 Å².